The molecule has 0 spiro atoms. The molecule has 2 aromatic carbocycles. The van der Waals surface area contributed by atoms with Gasteiger partial charge in [0.1, 0.15) is 0 Å². The molecule has 2 aromatic rings. The standard InChI is InChI=1S/C24H26N2O5/c1-16-6-4-12-25(14-16)20(27)15-31-21(28)11-5-13-26-23(29)18-9-2-7-17-8-3-10-19(22(17)18)24(26)30/h2-3,7-10,16H,4-6,11-15H2,1H3/t16-/m1/s1. The highest BCUT2D eigenvalue weighted by Crippen LogP contribution is 2.30. The third-order valence-electron chi connectivity index (χ3n) is 5.98. The summed E-state index contributed by atoms with van der Waals surface area (Å²) in [5.41, 5.74) is 0.994. The van der Waals surface area contributed by atoms with Crippen molar-refractivity contribution in [2.45, 2.75) is 32.6 Å². The zero-order chi connectivity index (χ0) is 22.0. The minimum absolute atomic E-state index is 0.0343. The Hall–Kier alpha value is -3.22. The number of nitrogens with zero attached hydrogens (tertiary/aromatic N) is 2. The molecule has 1 fully saturated rings. The van der Waals surface area contributed by atoms with Gasteiger partial charge in [0.25, 0.3) is 17.7 Å². The first-order chi connectivity index (χ1) is 15.0. The molecule has 7 nitrogen and oxygen atoms in total. The van der Waals surface area contributed by atoms with Crippen molar-refractivity contribution in [3.8, 4) is 0 Å². The van der Waals surface area contributed by atoms with E-state index in [-0.39, 0.29) is 43.7 Å². The predicted molar refractivity (Wildman–Crippen MR) is 114 cm³/mol. The van der Waals surface area contributed by atoms with Gasteiger partial charge < -0.3 is 9.64 Å². The van der Waals surface area contributed by atoms with Crippen molar-refractivity contribution in [3.05, 3.63) is 47.5 Å². The highest BCUT2D eigenvalue weighted by atomic mass is 16.5. The molecule has 162 valence electrons. The van der Waals surface area contributed by atoms with E-state index >= 15 is 0 Å². The van der Waals surface area contributed by atoms with Gasteiger partial charge >= 0.3 is 5.97 Å². The number of carbonyl (C=O) groups is 4. The maximum absolute atomic E-state index is 12.8. The second-order valence-corrected chi connectivity index (χ2v) is 8.32. The van der Waals surface area contributed by atoms with Crippen LogP contribution in [0.25, 0.3) is 10.8 Å². The molecule has 0 radical (unpaired) electrons. The van der Waals surface area contributed by atoms with Crippen molar-refractivity contribution in [2.24, 2.45) is 5.92 Å². The lowest BCUT2D eigenvalue weighted by Gasteiger charge is -2.30. The summed E-state index contributed by atoms with van der Waals surface area (Å²) >= 11 is 0. The predicted octanol–water partition coefficient (Wildman–Crippen LogP) is 3.02. The summed E-state index contributed by atoms with van der Waals surface area (Å²) in [6.45, 7) is 3.36. The molecule has 3 amide bonds. The van der Waals surface area contributed by atoms with Crippen LogP contribution in [0.1, 0.15) is 53.3 Å². The van der Waals surface area contributed by atoms with E-state index in [0.717, 1.165) is 18.2 Å². The number of benzene rings is 2. The van der Waals surface area contributed by atoms with E-state index in [1.165, 1.54) is 4.90 Å². The first-order valence-electron chi connectivity index (χ1n) is 10.8. The quantitative estimate of drug-likeness (QED) is 0.528. The summed E-state index contributed by atoms with van der Waals surface area (Å²) in [4.78, 5) is 52.9. The number of imide groups is 1. The molecule has 1 atom stereocenters. The third-order valence-corrected chi connectivity index (χ3v) is 5.98. The molecule has 0 N–H and O–H groups in total. The van der Waals surface area contributed by atoms with Crippen LogP contribution < -0.4 is 0 Å². The van der Waals surface area contributed by atoms with Crippen LogP contribution in [-0.2, 0) is 14.3 Å². The Morgan fingerprint density at radius 3 is 2.39 bits per heavy atom. The van der Waals surface area contributed by atoms with E-state index in [4.69, 9.17) is 4.74 Å². The van der Waals surface area contributed by atoms with Crippen LogP contribution in [0.5, 0.6) is 0 Å². The Bertz CT molecular complexity index is 997. The number of carbonyl (C=O) groups excluding carboxylic acids is 4. The van der Waals surface area contributed by atoms with Crippen LogP contribution in [0, 0.1) is 5.92 Å². The Balaban J connectivity index is 1.30. The van der Waals surface area contributed by atoms with Crippen molar-refractivity contribution in [3.63, 3.8) is 0 Å². The van der Waals surface area contributed by atoms with Gasteiger partial charge in [-0.05, 0) is 42.7 Å². The van der Waals surface area contributed by atoms with Gasteiger partial charge in [0.15, 0.2) is 6.61 Å². The highest BCUT2D eigenvalue weighted by molar-refractivity contribution is 6.25. The van der Waals surface area contributed by atoms with Crippen LogP contribution in [-0.4, -0.2) is 59.7 Å². The summed E-state index contributed by atoms with van der Waals surface area (Å²) in [6, 6.07) is 10.8. The van der Waals surface area contributed by atoms with E-state index in [1.807, 2.05) is 12.1 Å². The summed E-state index contributed by atoms with van der Waals surface area (Å²) in [5, 5.41) is 1.54. The Morgan fingerprint density at radius 1 is 1.06 bits per heavy atom. The van der Waals surface area contributed by atoms with Crippen molar-refractivity contribution < 1.29 is 23.9 Å². The molecule has 0 aromatic heterocycles. The van der Waals surface area contributed by atoms with Gasteiger partial charge in [0, 0.05) is 42.6 Å². The Labute approximate surface area is 180 Å². The average molecular weight is 422 g/mol. The SMILES string of the molecule is C[C@@H]1CCCN(C(=O)COC(=O)CCCN2C(=O)c3cccc4cccc(c34)C2=O)C1. The number of likely N-dealkylation sites (tertiary alicyclic amines) is 1. The fraction of sp³-hybridized carbons (Fsp3) is 0.417. The van der Waals surface area contributed by atoms with Crippen molar-refractivity contribution in [1.82, 2.24) is 9.80 Å². The molecule has 0 bridgehead atoms. The van der Waals surface area contributed by atoms with Gasteiger partial charge in [-0.2, -0.15) is 0 Å². The number of esters is 1. The molecule has 7 heteroatoms. The minimum Gasteiger partial charge on any atom is -0.456 e. The Morgan fingerprint density at radius 2 is 1.74 bits per heavy atom. The van der Waals surface area contributed by atoms with E-state index in [2.05, 4.69) is 6.92 Å². The van der Waals surface area contributed by atoms with E-state index in [0.29, 0.717) is 35.5 Å². The molecule has 0 aliphatic carbocycles. The van der Waals surface area contributed by atoms with E-state index < -0.39 is 5.97 Å². The van der Waals surface area contributed by atoms with Crippen LogP contribution in [0.4, 0.5) is 0 Å². The maximum atomic E-state index is 12.8. The summed E-state index contributed by atoms with van der Waals surface area (Å²) in [6.07, 6.45) is 2.39. The van der Waals surface area contributed by atoms with Crippen molar-refractivity contribution in [2.75, 3.05) is 26.2 Å². The molecule has 1 saturated heterocycles. The summed E-state index contributed by atoms with van der Waals surface area (Å²) in [7, 11) is 0. The van der Waals surface area contributed by atoms with E-state index in [1.54, 1.807) is 29.2 Å². The van der Waals surface area contributed by atoms with Gasteiger partial charge in [-0.1, -0.05) is 31.2 Å². The molecular weight excluding hydrogens is 396 g/mol. The number of hydrogen-bond donors (Lipinski definition) is 0. The second kappa shape index (κ2) is 8.88. The molecule has 31 heavy (non-hydrogen) atoms. The Kier molecular flexibility index (Phi) is 6.02. The third kappa shape index (κ3) is 4.31. The molecule has 2 heterocycles. The molecule has 0 unspecified atom stereocenters. The lowest BCUT2D eigenvalue weighted by Crippen LogP contribution is -2.41. The molecule has 2 aliphatic rings. The van der Waals surface area contributed by atoms with Crippen molar-refractivity contribution in [1.29, 1.82) is 0 Å². The smallest absolute Gasteiger partial charge is 0.306 e. The summed E-state index contributed by atoms with van der Waals surface area (Å²) < 4.78 is 5.12. The summed E-state index contributed by atoms with van der Waals surface area (Å²) in [5.74, 6) is -0.915. The average Bonchev–Trinajstić information content (AvgIpc) is 2.78. The number of amides is 3. The second-order valence-electron chi connectivity index (χ2n) is 8.32. The highest BCUT2D eigenvalue weighted by Gasteiger charge is 2.32. The lowest BCUT2D eigenvalue weighted by atomic mass is 9.94. The number of rotatable bonds is 6. The van der Waals surface area contributed by atoms with Gasteiger partial charge in [-0.15, -0.1) is 0 Å². The van der Waals surface area contributed by atoms with Crippen LogP contribution >= 0.6 is 0 Å². The van der Waals surface area contributed by atoms with Gasteiger partial charge in [-0.25, -0.2) is 0 Å². The maximum Gasteiger partial charge on any atom is 0.306 e. The van der Waals surface area contributed by atoms with Gasteiger partial charge in [0.05, 0.1) is 0 Å². The molecule has 2 aliphatic heterocycles. The zero-order valence-electron chi connectivity index (χ0n) is 17.6. The van der Waals surface area contributed by atoms with Crippen LogP contribution in [0.2, 0.25) is 0 Å². The fourth-order valence-corrected chi connectivity index (χ4v) is 4.39. The largest absolute Gasteiger partial charge is 0.456 e. The van der Waals surface area contributed by atoms with Crippen molar-refractivity contribution >= 4 is 34.5 Å². The first-order valence-corrected chi connectivity index (χ1v) is 10.8. The fourth-order valence-electron chi connectivity index (χ4n) is 4.39. The number of piperidine rings is 1. The molecule has 0 saturated carbocycles. The van der Waals surface area contributed by atoms with Crippen LogP contribution in [0.15, 0.2) is 36.4 Å². The molecular formula is C24H26N2O5. The topological polar surface area (TPSA) is 84.0 Å². The molecule has 4 rings (SSSR count). The van der Waals surface area contributed by atoms with Crippen LogP contribution in [0.3, 0.4) is 0 Å². The normalized spacial score (nSPS) is 18.4. The van der Waals surface area contributed by atoms with Gasteiger partial charge in [-0.3, -0.25) is 24.1 Å². The monoisotopic (exact) mass is 422 g/mol. The number of hydrogen-bond acceptors (Lipinski definition) is 5. The minimum atomic E-state index is -0.502. The van der Waals surface area contributed by atoms with Gasteiger partial charge in [0.2, 0.25) is 0 Å². The lowest BCUT2D eigenvalue weighted by molar-refractivity contribution is -0.152. The zero-order valence-corrected chi connectivity index (χ0v) is 17.6. The van der Waals surface area contributed by atoms with E-state index in [9.17, 15) is 19.2 Å². The first kappa shape index (κ1) is 21.0. The number of ether oxygens (including phenoxy) is 1.